The van der Waals surface area contributed by atoms with Gasteiger partial charge in [-0.05, 0) is 30.5 Å². The van der Waals surface area contributed by atoms with Gasteiger partial charge in [0.1, 0.15) is 0 Å². The van der Waals surface area contributed by atoms with Crippen LogP contribution in [0.25, 0.3) is 11.5 Å². The summed E-state index contributed by atoms with van der Waals surface area (Å²) in [6.45, 7) is 1.51. The summed E-state index contributed by atoms with van der Waals surface area (Å²) in [5.41, 5.74) is 1.39. The first-order valence-electron chi connectivity index (χ1n) is 10.5. The van der Waals surface area contributed by atoms with Crippen molar-refractivity contribution in [1.29, 1.82) is 0 Å². The lowest BCUT2D eigenvalue weighted by Crippen LogP contribution is -2.56. The highest BCUT2D eigenvalue weighted by molar-refractivity contribution is 5.99. The zero-order valence-electron chi connectivity index (χ0n) is 17.3. The summed E-state index contributed by atoms with van der Waals surface area (Å²) < 4.78 is 58.0. The third kappa shape index (κ3) is 4.07. The van der Waals surface area contributed by atoms with E-state index in [0.29, 0.717) is 29.5 Å². The molecule has 0 unspecified atom stereocenters. The van der Waals surface area contributed by atoms with Crippen LogP contribution in [-0.4, -0.2) is 44.9 Å². The van der Waals surface area contributed by atoms with Gasteiger partial charge in [-0.25, -0.2) is 0 Å². The standard InChI is InChI=1S/C21H22F4N4O3/c1-2-21(24,25)20(31)26-14-5-3-4-6-15(14)29-10-12-8-7-11(9-13(12)19(29)30)17-27-28-18(32-17)16(22)23/h7-9,14-16H,2-6,10H2,1H3,(H,26,31)/t14-,15-/m1/s1. The number of amides is 2. The van der Waals surface area contributed by atoms with Gasteiger partial charge >= 0.3 is 12.3 Å². The molecule has 7 nitrogen and oxygen atoms in total. The summed E-state index contributed by atoms with van der Waals surface area (Å²) in [6.07, 6.45) is -0.846. The van der Waals surface area contributed by atoms with Crippen LogP contribution >= 0.6 is 0 Å². The maximum Gasteiger partial charge on any atom is 0.324 e. The minimum absolute atomic E-state index is 0.126. The van der Waals surface area contributed by atoms with Gasteiger partial charge in [-0.2, -0.15) is 17.6 Å². The third-order valence-corrected chi connectivity index (χ3v) is 6.04. The lowest BCUT2D eigenvalue weighted by atomic mass is 9.89. The summed E-state index contributed by atoms with van der Waals surface area (Å²) in [5.74, 6) is -6.04. The Kier molecular flexibility index (Phi) is 5.91. The van der Waals surface area contributed by atoms with Crippen LogP contribution in [0.4, 0.5) is 17.6 Å². The summed E-state index contributed by atoms with van der Waals surface area (Å²) in [7, 11) is 0. The van der Waals surface area contributed by atoms with E-state index in [1.807, 2.05) is 0 Å². The molecule has 1 aliphatic carbocycles. The van der Waals surface area contributed by atoms with Crippen molar-refractivity contribution in [1.82, 2.24) is 20.4 Å². The third-order valence-electron chi connectivity index (χ3n) is 6.04. The van der Waals surface area contributed by atoms with Crippen LogP contribution in [0.3, 0.4) is 0 Å². The second-order valence-corrected chi connectivity index (χ2v) is 8.04. The van der Waals surface area contributed by atoms with E-state index in [2.05, 4.69) is 15.5 Å². The smallest absolute Gasteiger partial charge is 0.324 e. The Morgan fingerprint density at radius 3 is 2.72 bits per heavy atom. The number of nitrogens with one attached hydrogen (secondary N) is 1. The number of nitrogens with zero attached hydrogens (tertiary/aromatic N) is 3. The maximum absolute atomic E-state index is 13.8. The van der Waals surface area contributed by atoms with E-state index in [1.165, 1.54) is 13.0 Å². The second kappa shape index (κ2) is 8.51. The van der Waals surface area contributed by atoms with E-state index in [-0.39, 0.29) is 18.3 Å². The average molecular weight is 454 g/mol. The Hall–Kier alpha value is -2.98. The molecule has 2 aromatic rings. The molecule has 1 aliphatic heterocycles. The number of benzene rings is 1. The molecule has 0 spiro atoms. The van der Waals surface area contributed by atoms with Gasteiger partial charge in [-0.1, -0.05) is 25.8 Å². The minimum Gasteiger partial charge on any atom is -0.415 e. The van der Waals surface area contributed by atoms with E-state index in [4.69, 9.17) is 4.42 Å². The Morgan fingerprint density at radius 2 is 2.03 bits per heavy atom. The monoisotopic (exact) mass is 454 g/mol. The number of carbonyl (C=O) groups excluding carboxylic acids is 2. The second-order valence-electron chi connectivity index (χ2n) is 8.04. The number of rotatable bonds is 6. The fourth-order valence-electron chi connectivity index (χ4n) is 4.25. The van der Waals surface area contributed by atoms with Crippen molar-refractivity contribution in [3.05, 3.63) is 35.2 Å². The maximum atomic E-state index is 13.8. The molecule has 0 radical (unpaired) electrons. The van der Waals surface area contributed by atoms with Crippen LogP contribution in [0.15, 0.2) is 22.6 Å². The first-order valence-corrected chi connectivity index (χ1v) is 10.5. The molecule has 32 heavy (non-hydrogen) atoms. The van der Waals surface area contributed by atoms with E-state index < -0.39 is 42.7 Å². The van der Waals surface area contributed by atoms with E-state index in [0.717, 1.165) is 12.8 Å². The lowest BCUT2D eigenvalue weighted by Gasteiger charge is -2.38. The molecule has 0 bridgehead atoms. The van der Waals surface area contributed by atoms with Crippen molar-refractivity contribution in [2.75, 3.05) is 0 Å². The predicted octanol–water partition coefficient (Wildman–Crippen LogP) is 4.10. The zero-order valence-corrected chi connectivity index (χ0v) is 17.3. The minimum atomic E-state index is -3.46. The molecule has 2 amide bonds. The van der Waals surface area contributed by atoms with Crippen molar-refractivity contribution >= 4 is 11.8 Å². The summed E-state index contributed by atoms with van der Waals surface area (Å²) in [6, 6.07) is 3.78. The molecule has 1 saturated carbocycles. The van der Waals surface area contributed by atoms with Gasteiger partial charge in [0.25, 0.3) is 17.7 Å². The van der Waals surface area contributed by atoms with Crippen molar-refractivity contribution in [2.24, 2.45) is 0 Å². The van der Waals surface area contributed by atoms with Crippen molar-refractivity contribution in [2.45, 2.75) is 70.0 Å². The van der Waals surface area contributed by atoms with Gasteiger partial charge in [-0.15, -0.1) is 10.2 Å². The van der Waals surface area contributed by atoms with Gasteiger partial charge in [0.2, 0.25) is 5.89 Å². The summed E-state index contributed by atoms with van der Waals surface area (Å²) in [4.78, 5) is 26.8. The fraction of sp³-hybridized carbons (Fsp3) is 0.524. The summed E-state index contributed by atoms with van der Waals surface area (Å²) >= 11 is 0. The Morgan fingerprint density at radius 1 is 1.28 bits per heavy atom. The summed E-state index contributed by atoms with van der Waals surface area (Å²) in [5, 5.41) is 9.34. The van der Waals surface area contributed by atoms with Crippen LogP contribution in [0, 0.1) is 0 Å². The van der Waals surface area contributed by atoms with Crippen molar-refractivity contribution < 1.29 is 31.6 Å². The molecule has 11 heteroatoms. The molecule has 0 saturated heterocycles. The quantitative estimate of drug-likeness (QED) is 0.664. The first kappa shape index (κ1) is 22.2. The molecule has 1 aromatic carbocycles. The van der Waals surface area contributed by atoms with Gasteiger partial charge in [-0.3, -0.25) is 9.59 Å². The largest absolute Gasteiger partial charge is 0.415 e. The SMILES string of the molecule is CCC(F)(F)C(=O)N[C@@H]1CCCC[C@H]1N1Cc2ccc(-c3nnc(C(F)F)o3)cc2C1=O. The van der Waals surface area contributed by atoms with E-state index in [9.17, 15) is 27.2 Å². The molecule has 2 atom stereocenters. The van der Waals surface area contributed by atoms with Crippen LogP contribution in [-0.2, 0) is 11.3 Å². The molecule has 1 aromatic heterocycles. The Balaban J connectivity index is 1.54. The normalized spacial score (nSPS) is 21.2. The topological polar surface area (TPSA) is 88.3 Å². The van der Waals surface area contributed by atoms with Crippen LogP contribution in [0.2, 0.25) is 0 Å². The number of hydrogen-bond donors (Lipinski definition) is 1. The molecule has 1 N–H and O–H groups in total. The van der Waals surface area contributed by atoms with E-state index >= 15 is 0 Å². The number of hydrogen-bond acceptors (Lipinski definition) is 5. The highest BCUT2D eigenvalue weighted by Gasteiger charge is 2.42. The molecule has 1 fully saturated rings. The highest BCUT2D eigenvalue weighted by Crippen LogP contribution is 2.34. The number of carbonyl (C=O) groups is 2. The number of fused-ring (bicyclic) bond motifs is 1. The molecule has 172 valence electrons. The van der Waals surface area contributed by atoms with Crippen molar-refractivity contribution in [3.63, 3.8) is 0 Å². The van der Waals surface area contributed by atoms with Crippen LogP contribution < -0.4 is 5.32 Å². The number of halogens is 4. The van der Waals surface area contributed by atoms with E-state index in [1.54, 1.807) is 17.0 Å². The molecule has 4 rings (SSSR count). The lowest BCUT2D eigenvalue weighted by molar-refractivity contribution is -0.147. The Labute approximate surface area is 181 Å². The fourth-order valence-corrected chi connectivity index (χ4v) is 4.25. The van der Waals surface area contributed by atoms with Gasteiger partial charge in [0.15, 0.2) is 0 Å². The predicted molar refractivity (Wildman–Crippen MR) is 104 cm³/mol. The van der Waals surface area contributed by atoms with Gasteiger partial charge < -0.3 is 14.6 Å². The average Bonchev–Trinajstić information content (AvgIpc) is 3.39. The van der Waals surface area contributed by atoms with Gasteiger partial charge in [0.05, 0.1) is 6.04 Å². The van der Waals surface area contributed by atoms with Crippen LogP contribution in [0.5, 0.6) is 0 Å². The van der Waals surface area contributed by atoms with Crippen LogP contribution in [0.1, 0.15) is 67.3 Å². The molecule has 2 heterocycles. The first-order chi connectivity index (χ1) is 15.2. The number of alkyl halides is 4. The highest BCUT2D eigenvalue weighted by atomic mass is 19.3. The molecular weight excluding hydrogens is 432 g/mol. The Bertz CT molecular complexity index is 1030. The van der Waals surface area contributed by atoms with Gasteiger partial charge in [0, 0.05) is 30.1 Å². The molecular formula is C21H22F4N4O3. The zero-order chi connectivity index (χ0) is 23.0. The molecule has 2 aliphatic rings. The number of aromatic nitrogens is 2. The van der Waals surface area contributed by atoms with Crippen molar-refractivity contribution in [3.8, 4) is 11.5 Å².